The Hall–Kier alpha value is -3.15. The number of allylic oxidation sites excluding steroid dienone is 1. The van der Waals surface area contributed by atoms with Gasteiger partial charge in [0.25, 0.3) is 0 Å². The van der Waals surface area contributed by atoms with Gasteiger partial charge in [-0.3, -0.25) is 4.79 Å². The van der Waals surface area contributed by atoms with Crippen LogP contribution >= 0.6 is 12.4 Å². The normalized spacial score (nSPS) is 14.9. The van der Waals surface area contributed by atoms with Gasteiger partial charge in [0.2, 0.25) is 0 Å². The molecule has 0 fully saturated rings. The van der Waals surface area contributed by atoms with E-state index < -0.39 is 5.97 Å². The van der Waals surface area contributed by atoms with E-state index in [1.807, 2.05) is 36.4 Å². The van der Waals surface area contributed by atoms with Crippen LogP contribution in [-0.2, 0) is 29.1 Å². The highest BCUT2D eigenvalue weighted by Crippen LogP contribution is 2.33. The van der Waals surface area contributed by atoms with Gasteiger partial charge in [0.05, 0.1) is 19.6 Å². The second kappa shape index (κ2) is 12.2. The molecule has 0 amide bonds. The molecule has 6 heteroatoms. The van der Waals surface area contributed by atoms with Gasteiger partial charge in [-0.15, -0.1) is 12.4 Å². The number of fused-ring (bicyclic) bond motifs is 1. The smallest absolute Gasteiger partial charge is 0.303 e. The molecule has 1 aliphatic carbocycles. The zero-order chi connectivity index (χ0) is 22.2. The van der Waals surface area contributed by atoms with Gasteiger partial charge in [0.1, 0.15) is 5.82 Å². The molecule has 0 aliphatic heterocycles. The number of aliphatic carboxylic acids is 1. The van der Waals surface area contributed by atoms with Gasteiger partial charge in [-0.1, -0.05) is 60.7 Å². The summed E-state index contributed by atoms with van der Waals surface area (Å²) in [5.74, 6) is 0.0801. The lowest BCUT2D eigenvalue weighted by molar-refractivity contribution is -0.137. The number of carbonyl (C=O) groups is 1. The van der Waals surface area contributed by atoms with Crippen LogP contribution in [-0.4, -0.2) is 22.7 Å². The van der Waals surface area contributed by atoms with Gasteiger partial charge < -0.3 is 15.2 Å². The summed E-state index contributed by atoms with van der Waals surface area (Å²) in [6.45, 7) is 1.73. The molecule has 0 bridgehead atoms. The van der Waals surface area contributed by atoms with Gasteiger partial charge in [-0.25, -0.2) is 4.98 Å². The van der Waals surface area contributed by atoms with Crippen molar-refractivity contribution < 1.29 is 14.6 Å². The molecule has 0 spiro atoms. The zero-order valence-corrected chi connectivity index (χ0v) is 19.3. The molecule has 1 heterocycles. The summed E-state index contributed by atoms with van der Waals surface area (Å²) >= 11 is 0. The first-order valence-corrected chi connectivity index (χ1v) is 11.0. The Labute approximate surface area is 200 Å². The Kier molecular flexibility index (Phi) is 9.04. The molecule has 3 aromatic rings. The molecular weight excluding hydrogens is 436 g/mol. The molecule has 33 heavy (non-hydrogen) atoms. The lowest BCUT2D eigenvalue weighted by Gasteiger charge is -2.17. The predicted molar refractivity (Wildman–Crippen MR) is 133 cm³/mol. The number of carboxylic acid groups (broad SMARTS) is 1. The Balaban J connectivity index is 0.00000306. The number of hydrogen-bond acceptors (Lipinski definition) is 4. The average Bonchev–Trinajstić information content (AvgIpc) is 2.98. The number of carboxylic acids is 1. The topological polar surface area (TPSA) is 71.5 Å². The summed E-state index contributed by atoms with van der Waals surface area (Å²) < 4.78 is 6.04. The summed E-state index contributed by atoms with van der Waals surface area (Å²) in [4.78, 5) is 15.7. The van der Waals surface area contributed by atoms with E-state index in [4.69, 9.17) is 4.74 Å². The van der Waals surface area contributed by atoms with Crippen molar-refractivity contribution in [3.05, 3.63) is 107 Å². The van der Waals surface area contributed by atoms with E-state index in [1.54, 1.807) is 6.20 Å². The third-order valence-corrected chi connectivity index (χ3v) is 5.72. The van der Waals surface area contributed by atoms with Gasteiger partial charge in [0, 0.05) is 12.7 Å². The van der Waals surface area contributed by atoms with Crippen LogP contribution in [0.15, 0.2) is 84.6 Å². The molecule has 0 radical (unpaired) electrons. The van der Waals surface area contributed by atoms with Gasteiger partial charge in [0.15, 0.2) is 0 Å². The third-order valence-electron chi connectivity index (χ3n) is 5.72. The molecule has 0 saturated heterocycles. The monoisotopic (exact) mass is 464 g/mol. The van der Waals surface area contributed by atoms with E-state index in [-0.39, 0.29) is 24.7 Å². The highest BCUT2D eigenvalue weighted by Gasteiger charge is 2.22. The van der Waals surface area contributed by atoms with Gasteiger partial charge in [-0.05, 0) is 58.7 Å². The number of ether oxygens (including phenoxy) is 1. The second-order valence-corrected chi connectivity index (χ2v) is 8.15. The van der Waals surface area contributed by atoms with Crippen LogP contribution in [0.5, 0.6) is 0 Å². The van der Waals surface area contributed by atoms with Crippen molar-refractivity contribution in [2.45, 2.75) is 38.3 Å². The van der Waals surface area contributed by atoms with E-state index in [0.717, 1.165) is 29.8 Å². The average molecular weight is 465 g/mol. The fraction of sp³-hybridized carbons (Fsp3) is 0.259. The summed E-state index contributed by atoms with van der Waals surface area (Å²) in [5, 5.41) is 12.7. The van der Waals surface area contributed by atoms with E-state index in [2.05, 4.69) is 46.7 Å². The van der Waals surface area contributed by atoms with Crippen molar-refractivity contribution in [1.82, 2.24) is 4.98 Å². The number of halogens is 1. The number of hydrogen-bond donors (Lipinski definition) is 2. The number of anilines is 1. The van der Waals surface area contributed by atoms with Crippen molar-refractivity contribution in [2.75, 3.05) is 11.9 Å². The van der Waals surface area contributed by atoms with E-state index in [9.17, 15) is 9.90 Å². The first-order chi connectivity index (χ1) is 15.7. The number of aromatic nitrogens is 1. The molecule has 5 nitrogen and oxygen atoms in total. The Morgan fingerprint density at radius 2 is 1.85 bits per heavy atom. The van der Waals surface area contributed by atoms with Crippen LogP contribution in [0.4, 0.5) is 5.82 Å². The fourth-order valence-electron chi connectivity index (χ4n) is 4.18. The first kappa shape index (κ1) is 24.5. The third kappa shape index (κ3) is 7.17. The molecular formula is C27H29ClN2O3. The Morgan fingerprint density at radius 3 is 2.67 bits per heavy atom. The molecule has 172 valence electrons. The quantitative estimate of drug-likeness (QED) is 0.394. The fourth-order valence-corrected chi connectivity index (χ4v) is 4.18. The maximum Gasteiger partial charge on any atom is 0.303 e. The minimum Gasteiger partial charge on any atom is -0.481 e. The first-order valence-electron chi connectivity index (χ1n) is 11.0. The van der Waals surface area contributed by atoms with Crippen molar-refractivity contribution in [3.8, 4) is 0 Å². The zero-order valence-electron chi connectivity index (χ0n) is 18.4. The molecule has 2 aromatic carbocycles. The molecule has 1 unspecified atom stereocenters. The van der Waals surface area contributed by atoms with Crippen LogP contribution in [0.25, 0.3) is 0 Å². The van der Waals surface area contributed by atoms with Crippen molar-refractivity contribution in [3.63, 3.8) is 0 Å². The maximum atomic E-state index is 11.4. The van der Waals surface area contributed by atoms with E-state index in [0.29, 0.717) is 19.8 Å². The Bertz CT molecular complexity index is 1090. The van der Waals surface area contributed by atoms with Crippen LogP contribution < -0.4 is 5.32 Å². The molecule has 1 aliphatic rings. The lowest BCUT2D eigenvalue weighted by atomic mass is 9.88. The van der Waals surface area contributed by atoms with Crippen LogP contribution in [0.1, 0.15) is 41.0 Å². The number of nitrogens with one attached hydrogen (secondary N) is 1. The number of nitrogens with zero attached hydrogens (tertiary/aromatic N) is 1. The van der Waals surface area contributed by atoms with Gasteiger partial charge in [-0.2, -0.15) is 0 Å². The highest BCUT2D eigenvalue weighted by atomic mass is 35.5. The summed E-state index contributed by atoms with van der Waals surface area (Å²) in [6.07, 6.45) is 5.65. The largest absolute Gasteiger partial charge is 0.481 e. The van der Waals surface area contributed by atoms with Crippen LogP contribution in [0, 0.1) is 0 Å². The molecule has 0 saturated carbocycles. The molecule has 4 rings (SSSR count). The standard InChI is InChI=1S/C27H28N2O3.ClH/c30-27(31)16-24-15-22(11-12-23-8-1-2-9-25(23)24)19-32-18-21-7-5-6-20(14-21)17-29-26-10-3-4-13-28-26;/h1-11,13-14,24H,12,15-19H2,(H,28,29)(H,30,31);1H. The number of pyridine rings is 1. The Morgan fingerprint density at radius 1 is 1.03 bits per heavy atom. The summed E-state index contributed by atoms with van der Waals surface area (Å²) in [5.41, 5.74) is 5.81. The number of benzene rings is 2. The summed E-state index contributed by atoms with van der Waals surface area (Å²) in [6, 6.07) is 22.3. The molecule has 2 N–H and O–H groups in total. The van der Waals surface area contributed by atoms with Gasteiger partial charge >= 0.3 is 5.97 Å². The molecule has 1 aromatic heterocycles. The number of rotatable bonds is 9. The van der Waals surface area contributed by atoms with E-state index in [1.165, 1.54) is 16.7 Å². The predicted octanol–water partition coefficient (Wildman–Crippen LogP) is 5.76. The van der Waals surface area contributed by atoms with Crippen LogP contribution in [0.2, 0.25) is 0 Å². The summed E-state index contributed by atoms with van der Waals surface area (Å²) in [7, 11) is 0. The van der Waals surface area contributed by atoms with Crippen molar-refractivity contribution >= 4 is 24.2 Å². The van der Waals surface area contributed by atoms with Crippen molar-refractivity contribution in [1.29, 1.82) is 0 Å². The van der Waals surface area contributed by atoms with E-state index >= 15 is 0 Å². The van der Waals surface area contributed by atoms with Crippen LogP contribution in [0.3, 0.4) is 0 Å². The lowest BCUT2D eigenvalue weighted by Crippen LogP contribution is -2.09. The minimum atomic E-state index is -0.761. The van der Waals surface area contributed by atoms with Crippen molar-refractivity contribution in [2.24, 2.45) is 0 Å². The maximum absolute atomic E-state index is 11.4. The SMILES string of the molecule is Cl.O=C(O)CC1CC(COCc2cccc(CNc3ccccn3)c2)=CCc2ccccc21. The minimum absolute atomic E-state index is 0. The highest BCUT2D eigenvalue weighted by molar-refractivity contribution is 5.85. The molecule has 1 atom stereocenters. The second-order valence-electron chi connectivity index (χ2n) is 8.15.